The minimum Gasteiger partial charge on any atom is -0.497 e. The van der Waals surface area contributed by atoms with E-state index >= 15 is 0 Å². The molecule has 2 aromatic carbocycles. The smallest absolute Gasteiger partial charge is 0.416 e. The van der Waals surface area contributed by atoms with Gasteiger partial charge in [0, 0.05) is 10.9 Å². The number of anilines is 1. The number of nitrogens with one attached hydrogen (secondary N) is 1. The highest BCUT2D eigenvalue weighted by molar-refractivity contribution is 5.99. The van der Waals surface area contributed by atoms with Crippen LogP contribution in [-0.4, -0.2) is 40.4 Å². The Labute approximate surface area is 190 Å². The van der Waals surface area contributed by atoms with E-state index in [4.69, 9.17) is 13.9 Å². The van der Waals surface area contributed by atoms with Gasteiger partial charge in [-0.2, -0.15) is 18.3 Å². The Kier molecular flexibility index (Phi) is 5.97. The van der Waals surface area contributed by atoms with Crippen LogP contribution in [0.15, 0.2) is 53.5 Å². The first-order valence-corrected chi connectivity index (χ1v) is 9.77. The van der Waals surface area contributed by atoms with Crippen molar-refractivity contribution in [2.45, 2.75) is 13.1 Å². The lowest BCUT2D eigenvalue weighted by molar-refractivity contribution is -0.137. The Morgan fingerprint density at radius 2 is 1.97 bits per heavy atom. The Bertz CT molecular complexity index is 1360. The van der Waals surface area contributed by atoms with Crippen molar-refractivity contribution in [2.24, 2.45) is 0 Å². The van der Waals surface area contributed by atoms with Crippen molar-refractivity contribution in [1.29, 1.82) is 0 Å². The van der Waals surface area contributed by atoms with Gasteiger partial charge in [-0.3, -0.25) is 4.79 Å². The molecule has 1 N–H and O–H groups in total. The van der Waals surface area contributed by atoms with Gasteiger partial charge in [0.25, 0.3) is 5.91 Å². The molecule has 0 spiro atoms. The Morgan fingerprint density at radius 1 is 1.18 bits per heavy atom. The van der Waals surface area contributed by atoms with Crippen LogP contribution in [-0.2, 0) is 15.7 Å². The molecule has 0 unspecified atom stereocenters. The van der Waals surface area contributed by atoms with Gasteiger partial charge in [-0.25, -0.2) is 14.5 Å². The molecule has 34 heavy (non-hydrogen) atoms. The van der Waals surface area contributed by atoms with Gasteiger partial charge in [0.05, 0.1) is 24.0 Å². The molecule has 0 radical (unpaired) electrons. The second-order valence-corrected chi connectivity index (χ2v) is 7.11. The van der Waals surface area contributed by atoms with Gasteiger partial charge in [-0.15, -0.1) is 0 Å². The number of benzene rings is 2. The van der Waals surface area contributed by atoms with Crippen molar-refractivity contribution in [3.8, 4) is 11.4 Å². The number of methoxy groups -OCH3 is 1. The van der Waals surface area contributed by atoms with Crippen LogP contribution in [0, 0.1) is 6.92 Å². The van der Waals surface area contributed by atoms with Gasteiger partial charge < -0.3 is 19.2 Å². The van der Waals surface area contributed by atoms with Crippen molar-refractivity contribution in [3.63, 3.8) is 0 Å². The number of halogens is 3. The van der Waals surface area contributed by atoms with Crippen molar-refractivity contribution in [2.75, 3.05) is 19.0 Å². The molecule has 1 amide bonds. The van der Waals surface area contributed by atoms with E-state index < -0.39 is 30.2 Å². The maximum Gasteiger partial charge on any atom is 0.416 e. The molecule has 9 nitrogen and oxygen atoms in total. The fraction of sp³-hybridized carbons (Fsp3) is 0.182. The molecule has 0 aliphatic heterocycles. The maximum absolute atomic E-state index is 13.2. The summed E-state index contributed by atoms with van der Waals surface area (Å²) >= 11 is 0. The predicted octanol–water partition coefficient (Wildman–Crippen LogP) is 4.14. The number of fused-ring (bicyclic) bond motifs is 1. The SMILES string of the molecule is COc1ccc2oc(C(=O)OCC(=O)Nc3cc(C(F)(F)F)ccc3-n3cncn3)c(C)c2c1. The number of rotatable bonds is 6. The molecule has 0 bridgehead atoms. The summed E-state index contributed by atoms with van der Waals surface area (Å²) in [6, 6.07) is 7.74. The third kappa shape index (κ3) is 4.56. The summed E-state index contributed by atoms with van der Waals surface area (Å²) in [6.45, 7) is 0.890. The number of aryl methyl sites for hydroxylation is 1. The molecule has 2 heterocycles. The molecule has 0 aliphatic carbocycles. The average molecular weight is 474 g/mol. The van der Waals surface area contributed by atoms with Gasteiger partial charge in [-0.1, -0.05) is 0 Å². The summed E-state index contributed by atoms with van der Waals surface area (Å²) in [5.41, 5.74) is -0.0978. The molecule has 176 valence electrons. The van der Waals surface area contributed by atoms with E-state index in [-0.39, 0.29) is 17.1 Å². The number of carbonyl (C=O) groups excluding carboxylic acids is 2. The van der Waals surface area contributed by atoms with Crippen LogP contribution in [0.4, 0.5) is 18.9 Å². The van der Waals surface area contributed by atoms with Crippen LogP contribution in [0.3, 0.4) is 0 Å². The third-order valence-corrected chi connectivity index (χ3v) is 4.93. The number of hydrogen-bond donors (Lipinski definition) is 1. The summed E-state index contributed by atoms with van der Waals surface area (Å²) in [4.78, 5) is 28.6. The summed E-state index contributed by atoms with van der Waals surface area (Å²) in [5, 5.41) is 6.83. The normalized spacial score (nSPS) is 11.4. The van der Waals surface area contributed by atoms with Crippen molar-refractivity contribution in [1.82, 2.24) is 14.8 Å². The molecule has 0 fully saturated rings. The molecule has 0 atom stereocenters. The molecular formula is C22H17F3N4O5. The zero-order valence-electron chi connectivity index (χ0n) is 17.8. The highest BCUT2D eigenvalue weighted by Gasteiger charge is 2.31. The number of furan rings is 1. The number of aromatic nitrogens is 3. The fourth-order valence-electron chi connectivity index (χ4n) is 3.25. The highest BCUT2D eigenvalue weighted by Crippen LogP contribution is 2.33. The second-order valence-electron chi connectivity index (χ2n) is 7.11. The number of ether oxygens (including phenoxy) is 2. The number of esters is 1. The Morgan fingerprint density at radius 3 is 2.65 bits per heavy atom. The highest BCUT2D eigenvalue weighted by atomic mass is 19.4. The van der Waals surface area contributed by atoms with E-state index in [9.17, 15) is 22.8 Å². The largest absolute Gasteiger partial charge is 0.497 e. The molecule has 4 aromatic rings. The average Bonchev–Trinajstić information content (AvgIpc) is 3.45. The molecule has 0 saturated heterocycles. The van der Waals surface area contributed by atoms with E-state index in [0.717, 1.165) is 18.2 Å². The monoisotopic (exact) mass is 474 g/mol. The zero-order chi connectivity index (χ0) is 24.5. The van der Waals surface area contributed by atoms with E-state index in [1.165, 1.54) is 24.4 Å². The van der Waals surface area contributed by atoms with Crippen LogP contribution in [0.1, 0.15) is 21.7 Å². The summed E-state index contributed by atoms with van der Waals surface area (Å²) in [6.07, 6.45) is -2.18. The zero-order valence-corrected chi connectivity index (χ0v) is 17.8. The molecule has 0 saturated carbocycles. The van der Waals surface area contributed by atoms with E-state index in [0.29, 0.717) is 22.3 Å². The summed E-state index contributed by atoms with van der Waals surface area (Å²) in [7, 11) is 1.50. The summed E-state index contributed by atoms with van der Waals surface area (Å²) in [5.74, 6) is -1.29. The first kappa shape index (κ1) is 22.8. The van der Waals surface area contributed by atoms with Crippen molar-refractivity contribution < 1.29 is 36.7 Å². The Hall–Kier alpha value is -4.35. The van der Waals surface area contributed by atoms with Crippen LogP contribution < -0.4 is 10.1 Å². The van der Waals surface area contributed by atoms with Crippen LogP contribution in [0.5, 0.6) is 5.75 Å². The predicted molar refractivity (Wildman–Crippen MR) is 113 cm³/mol. The topological polar surface area (TPSA) is 108 Å². The quantitative estimate of drug-likeness (QED) is 0.418. The molecule has 12 heteroatoms. The van der Waals surface area contributed by atoms with Crippen molar-refractivity contribution >= 4 is 28.5 Å². The van der Waals surface area contributed by atoms with Crippen molar-refractivity contribution in [3.05, 3.63) is 65.9 Å². The number of nitrogens with zero attached hydrogens (tertiary/aromatic N) is 3. The number of carbonyl (C=O) groups is 2. The number of amides is 1. The number of alkyl halides is 3. The van der Waals surface area contributed by atoms with Gasteiger partial charge >= 0.3 is 12.1 Å². The standard InChI is InChI=1S/C22H17F3N4O5/c1-12-15-8-14(32-2)4-6-18(15)34-20(12)21(31)33-9-19(30)28-16-7-13(22(23,24)25)3-5-17(16)29-11-26-10-27-29/h3-8,10-11H,9H2,1-2H3,(H,28,30). The lowest BCUT2D eigenvalue weighted by Crippen LogP contribution is -2.22. The first-order valence-electron chi connectivity index (χ1n) is 9.77. The number of hydrogen-bond acceptors (Lipinski definition) is 7. The fourth-order valence-corrected chi connectivity index (χ4v) is 3.25. The summed E-state index contributed by atoms with van der Waals surface area (Å²) < 4.78 is 56.4. The second kappa shape index (κ2) is 8.89. The minimum absolute atomic E-state index is 0.0987. The van der Waals surface area contributed by atoms with Crippen LogP contribution >= 0.6 is 0 Å². The van der Waals surface area contributed by atoms with Gasteiger partial charge in [0.1, 0.15) is 24.0 Å². The van der Waals surface area contributed by atoms with Gasteiger partial charge in [0.2, 0.25) is 5.76 Å². The molecular weight excluding hydrogens is 457 g/mol. The molecule has 4 rings (SSSR count). The van der Waals surface area contributed by atoms with Crippen LogP contribution in [0.2, 0.25) is 0 Å². The lowest BCUT2D eigenvalue weighted by atomic mass is 10.1. The van der Waals surface area contributed by atoms with E-state index in [1.54, 1.807) is 25.1 Å². The lowest BCUT2D eigenvalue weighted by Gasteiger charge is -2.14. The maximum atomic E-state index is 13.2. The molecule has 2 aromatic heterocycles. The Balaban J connectivity index is 1.50. The van der Waals surface area contributed by atoms with Crippen LogP contribution in [0.25, 0.3) is 16.7 Å². The van der Waals surface area contributed by atoms with E-state index in [1.807, 2.05) is 0 Å². The first-order chi connectivity index (χ1) is 16.2. The third-order valence-electron chi connectivity index (χ3n) is 4.93. The minimum atomic E-state index is -4.63. The molecule has 0 aliphatic rings. The van der Waals surface area contributed by atoms with E-state index in [2.05, 4.69) is 15.4 Å². The van der Waals surface area contributed by atoms with Gasteiger partial charge in [-0.05, 0) is 43.3 Å². The van der Waals surface area contributed by atoms with Gasteiger partial charge in [0.15, 0.2) is 6.61 Å².